The first-order valence-electron chi connectivity index (χ1n) is 4.56. The van der Waals surface area contributed by atoms with Crippen LogP contribution in [0.25, 0.3) is 0 Å². The second-order valence-electron chi connectivity index (χ2n) is 3.08. The monoisotopic (exact) mass is 242 g/mol. The Morgan fingerprint density at radius 3 is 2.47 bits per heavy atom. The van der Waals surface area contributed by atoms with Crippen LogP contribution in [-0.2, 0) is 19.2 Å². The van der Waals surface area contributed by atoms with Gasteiger partial charge >= 0.3 is 17.8 Å². The van der Waals surface area contributed by atoms with E-state index in [0.29, 0.717) is 5.06 Å². The molecule has 2 rings (SSSR count). The molecule has 1 fully saturated rings. The van der Waals surface area contributed by atoms with Crippen molar-refractivity contribution in [2.45, 2.75) is 5.85 Å². The van der Waals surface area contributed by atoms with Gasteiger partial charge in [-0.05, 0) is 0 Å². The summed E-state index contributed by atoms with van der Waals surface area (Å²) in [7, 11) is 3.71. The van der Waals surface area contributed by atoms with Crippen molar-refractivity contribution < 1.29 is 24.0 Å². The Morgan fingerprint density at radius 1 is 1.24 bits per heavy atom. The molecule has 0 N–H and O–H groups in total. The highest BCUT2D eigenvalue weighted by molar-refractivity contribution is 6.47. The van der Waals surface area contributed by atoms with Crippen LogP contribution >= 0.6 is 0 Å². The molecule has 1 saturated heterocycles. The molecule has 2 aliphatic heterocycles. The normalized spacial score (nSPS) is 27.6. The number of imide groups is 1. The minimum absolute atomic E-state index is 0.108. The molecule has 0 bridgehead atoms. The Labute approximate surface area is 96.2 Å². The zero-order valence-corrected chi connectivity index (χ0v) is 9.41. The molecule has 0 saturated carbocycles. The molecule has 1 atom stereocenters. The van der Waals surface area contributed by atoms with E-state index in [4.69, 9.17) is 9.57 Å². The molecule has 2 aliphatic rings. The number of carbonyl (C=O) groups excluding carboxylic acids is 2. The highest BCUT2D eigenvalue weighted by atomic mass is 16.8. The van der Waals surface area contributed by atoms with Gasteiger partial charge in [-0.15, -0.1) is 10.1 Å². The van der Waals surface area contributed by atoms with Gasteiger partial charge in [-0.3, -0.25) is 14.5 Å². The van der Waals surface area contributed by atoms with E-state index >= 15 is 0 Å². The molecule has 0 aromatic carbocycles. The van der Waals surface area contributed by atoms with Gasteiger partial charge in [0.15, 0.2) is 5.71 Å². The van der Waals surface area contributed by atoms with E-state index in [9.17, 15) is 9.59 Å². The average molecular weight is 242 g/mol. The maximum Gasteiger partial charge on any atom is 0.380 e. The lowest BCUT2D eigenvalue weighted by molar-refractivity contribution is -0.246. The summed E-state index contributed by atoms with van der Waals surface area (Å²) in [6, 6.07) is -0.847. The fourth-order valence-corrected chi connectivity index (χ4v) is 1.64. The number of ether oxygens (including phenoxy) is 1. The predicted octanol–water partition coefficient (Wildman–Crippen LogP) is -0.844. The van der Waals surface area contributed by atoms with Crippen LogP contribution in [0.1, 0.15) is 0 Å². The largest absolute Gasteiger partial charge is 0.380 e. The third-order valence-electron chi connectivity index (χ3n) is 2.39. The SMILES string of the molecule is CON1C(=O)C2=NC=NC2(OC)N(OC)C1=O. The summed E-state index contributed by atoms with van der Waals surface area (Å²) in [6.45, 7) is 0. The van der Waals surface area contributed by atoms with Crippen LogP contribution in [-0.4, -0.2) is 61.3 Å². The molecule has 0 radical (unpaired) electrons. The Bertz CT molecular complexity index is 434. The number of amides is 3. The van der Waals surface area contributed by atoms with Gasteiger partial charge in [-0.25, -0.2) is 14.8 Å². The topological polar surface area (TPSA) is 93.0 Å². The lowest BCUT2D eigenvalue weighted by Crippen LogP contribution is -2.68. The Hall–Kier alpha value is -1.84. The van der Waals surface area contributed by atoms with Crippen LogP contribution in [0.3, 0.4) is 0 Å². The van der Waals surface area contributed by atoms with Crippen LogP contribution in [0.5, 0.6) is 0 Å². The van der Waals surface area contributed by atoms with E-state index in [1.807, 2.05) is 0 Å². The van der Waals surface area contributed by atoms with Gasteiger partial charge in [-0.2, -0.15) is 0 Å². The smallest absolute Gasteiger partial charge is 0.333 e. The second kappa shape index (κ2) is 3.87. The van der Waals surface area contributed by atoms with E-state index in [-0.39, 0.29) is 5.71 Å². The molecule has 92 valence electrons. The number of hydroxylamine groups is 4. The Kier molecular flexibility index (Phi) is 2.65. The Morgan fingerprint density at radius 2 is 1.94 bits per heavy atom. The fourth-order valence-electron chi connectivity index (χ4n) is 1.64. The zero-order chi connectivity index (χ0) is 12.6. The van der Waals surface area contributed by atoms with Crippen molar-refractivity contribution in [3.05, 3.63) is 0 Å². The first kappa shape index (κ1) is 11.6. The molecule has 9 heteroatoms. The van der Waals surface area contributed by atoms with E-state index < -0.39 is 17.8 Å². The van der Waals surface area contributed by atoms with E-state index in [1.54, 1.807) is 0 Å². The number of urea groups is 1. The van der Waals surface area contributed by atoms with Crippen LogP contribution < -0.4 is 0 Å². The molecule has 0 aromatic rings. The number of hydrogen-bond donors (Lipinski definition) is 0. The summed E-state index contributed by atoms with van der Waals surface area (Å²) >= 11 is 0. The molecule has 3 amide bonds. The number of methoxy groups -OCH3 is 1. The summed E-state index contributed by atoms with van der Waals surface area (Å²) in [5.74, 6) is -2.41. The van der Waals surface area contributed by atoms with Gasteiger partial charge in [0.05, 0.1) is 14.2 Å². The third kappa shape index (κ3) is 1.30. The lowest BCUT2D eigenvalue weighted by Gasteiger charge is -2.40. The number of aliphatic imine (C=N–C) groups is 2. The van der Waals surface area contributed by atoms with Gasteiger partial charge in [0, 0.05) is 7.11 Å². The number of fused-ring (bicyclic) bond motifs is 1. The van der Waals surface area contributed by atoms with Crippen molar-refractivity contribution in [1.82, 2.24) is 10.1 Å². The van der Waals surface area contributed by atoms with E-state index in [0.717, 1.165) is 11.4 Å². The molecular weight excluding hydrogens is 232 g/mol. The van der Waals surface area contributed by atoms with Crippen molar-refractivity contribution in [2.75, 3.05) is 21.3 Å². The first-order chi connectivity index (χ1) is 8.12. The maximum atomic E-state index is 11.9. The third-order valence-corrected chi connectivity index (χ3v) is 2.39. The van der Waals surface area contributed by atoms with Crippen LogP contribution in [0.2, 0.25) is 0 Å². The second-order valence-corrected chi connectivity index (χ2v) is 3.08. The quantitative estimate of drug-likeness (QED) is 0.643. The fraction of sp³-hybridized carbons (Fsp3) is 0.500. The maximum absolute atomic E-state index is 11.9. The van der Waals surface area contributed by atoms with Gasteiger partial charge in [0.1, 0.15) is 6.34 Å². The average Bonchev–Trinajstić information content (AvgIpc) is 2.75. The van der Waals surface area contributed by atoms with Gasteiger partial charge in [0.25, 0.3) is 0 Å². The minimum Gasteiger partial charge on any atom is -0.333 e. The molecular formula is C8H10N4O5. The molecule has 17 heavy (non-hydrogen) atoms. The Balaban J connectivity index is 2.52. The lowest BCUT2D eigenvalue weighted by atomic mass is 10.2. The van der Waals surface area contributed by atoms with Crippen molar-refractivity contribution in [3.8, 4) is 0 Å². The highest BCUT2D eigenvalue weighted by Gasteiger charge is 2.59. The first-order valence-corrected chi connectivity index (χ1v) is 4.56. The van der Waals surface area contributed by atoms with Crippen molar-refractivity contribution in [3.63, 3.8) is 0 Å². The molecule has 9 nitrogen and oxygen atoms in total. The number of rotatable bonds is 3. The van der Waals surface area contributed by atoms with E-state index in [2.05, 4.69) is 14.8 Å². The number of nitrogens with zero attached hydrogens (tertiary/aromatic N) is 4. The summed E-state index contributed by atoms with van der Waals surface area (Å²) in [6.07, 6.45) is 1.12. The van der Waals surface area contributed by atoms with E-state index in [1.165, 1.54) is 21.3 Å². The van der Waals surface area contributed by atoms with Crippen molar-refractivity contribution in [1.29, 1.82) is 0 Å². The van der Waals surface area contributed by atoms with Crippen molar-refractivity contribution >= 4 is 24.0 Å². The van der Waals surface area contributed by atoms with Crippen LogP contribution in [0, 0.1) is 0 Å². The molecule has 0 spiro atoms. The predicted molar refractivity (Wildman–Crippen MR) is 53.8 cm³/mol. The van der Waals surface area contributed by atoms with Gasteiger partial charge in [0.2, 0.25) is 0 Å². The van der Waals surface area contributed by atoms with Crippen molar-refractivity contribution in [2.24, 2.45) is 9.98 Å². The highest BCUT2D eigenvalue weighted by Crippen LogP contribution is 2.30. The molecule has 2 heterocycles. The van der Waals surface area contributed by atoms with Gasteiger partial charge < -0.3 is 4.74 Å². The summed E-state index contributed by atoms with van der Waals surface area (Å²) in [5.41, 5.74) is -0.108. The molecule has 0 aliphatic carbocycles. The standard InChI is InChI=1S/C8H10N4O5/c1-15-8-5(9-4-10-8)6(13)11(16-2)7(14)12(8)17-3/h4H,1-3H3. The summed E-state index contributed by atoms with van der Waals surface area (Å²) in [5, 5.41) is 1.27. The van der Waals surface area contributed by atoms with Gasteiger partial charge in [-0.1, -0.05) is 0 Å². The minimum atomic E-state index is -1.67. The van der Waals surface area contributed by atoms with Crippen LogP contribution in [0.4, 0.5) is 4.79 Å². The number of hydrogen-bond acceptors (Lipinski definition) is 7. The summed E-state index contributed by atoms with van der Waals surface area (Å²) in [4.78, 5) is 40.9. The zero-order valence-electron chi connectivity index (χ0n) is 9.41. The summed E-state index contributed by atoms with van der Waals surface area (Å²) < 4.78 is 5.09. The van der Waals surface area contributed by atoms with Crippen LogP contribution in [0.15, 0.2) is 9.98 Å². The molecule has 1 unspecified atom stereocenters. The number of carbonyl (C=O) groups is 2. The molecule has 0 aromatic heterocycles.